The quantitative estimate of drug-likeness (QED) is 0.799. The minimum Gasteiger partial charge on any atom is -0.491 e. The fraction of sp³-hybridized carbons (Fsp3) is 0.381. The zero-order chi connectivity index (χ0) is 18.4. The molecule has 3 rings (SSSR count). The lowest BCUT2D eigenvalue weighted by Gasteiger charge is -2.36. The molecule has 2 aromatic rings. The summed E-state index contributed by atoms with van der Waals surface area (Å²) < 4.78 is 11.2. The molecule has 2 aromatic carbocycles. The van der Waals surface area contributed by atoms with Crippen LogP contribution in [0.25, 0.3) is 0 Å². The first kappa shape index (κ1) is 18.1. The summed E-state index contributed by atoms with van der Waals surface area (Å²) in [6.07, 6.45) is 0.175. The molecule has 0 atom stereocenters. The van der Waals surface area contributed by atoms with Crippen LogP contribution in [-0.4, -0.2) is 49.7 Å². The van der Waals surface area contributed by atoms with Gasteiger partial charge in [-0.3, -0.25) is 4.79 Å². The number of hydrogen-bond donors (Lipinski definition) is 0. The van der Waals surface area contributed by atoms with Crippen molar-refractivity contribution in [2.75, 3.05) is 37.7 Å². The maximum absolute atomic E-state index is 12.3. The first-order chi connectivity index (χ1) is 12.6. The molecule has 0 aliphatic carbocycles. The maximum atomic E-state index is 12.3. The first-order valence-corrected chi connectivity index (χ1v) is 9.09. The Bertz CT molecular complexity index is 693. The highest BCUT2D eigenvalue weighted by atomic mass is 16.5. The highest BCUT2D eigenvalue weighted by Crippen LogP contribution is 2.21. The Morgan fingerprint density at radius 3 is 2.19 bits per heavy atom. The predicted molar refractivity (Wildman–Crippen MR) is 103 cm³/mol. The normalized spacial score (nSPS) is 14.4. The van der Waals surface area contributed by atoms with Crippen molar-refractivity contribution >= 4 is 11.6 Å². The van der Waals surface area contributed by atoms with Crippen molar-refractivity contribution < 1.29 is 14.3 Å². The number of para-hydroxylation sites is 1. The Morgan fingerprint density at radius 2 is 1.58 bits per heavy atom. The molecule has 5 nitrogen and oxygen atoms in total. The monoisotopic (exact) mass is 354 g/mol. The molecule has 1 fully saturated rings. The van der Waals surface area contributed by atoms with Crippen molar-refractivity contribution in [1.82, 2.24) is 4.90 Å². The van der Waals surface area contributed by atoms with Gasteiger partial charge in [-0.1, -0.05) is 18.2 Å². The van der Waals surface area contributed by atoms with E-state index in [9.17, 15) is 4.79 Å². The molecule has 1 heterocycles. The van der Waals surface area contributed by atoms with Crippen LogP contribution in [0.5, 0.6) is 11.5 Å². The van der Waals surface area contributed by atoms with Crippen LogP contribution in [0.4, 0.5) is 5.69 Å². The fourth-order valence-corrected chi connectivity index (χ4v) is 2.97. The molecular formula is C21H26N2O3. The topological polar surface area (TPSA) is 42.0 Å². The van der Waals surface area contributed by atoms with E-state index in [0.717, 1.165) is 30.3 Å². The lowest BCUT2D eigenvalue weighted by molar-refractivity contribution is -0.133. The second-order valence-corrected chi connectivity index (χ2v) is 6.63. The fourth-order valence-electron chi connectivity index (χ4n) is 2.97. The van der Waals surface area contributed by atoms with Gasteiger partial charge in [-0.25, -0.2) is 0 Å². The smallest absolute Gasteiger partial charge is 0.260 e. The Labute approximate surface area is 155 Å². The SMILES string of the molecule is CC(C)Oc1ccc(N2CCN(C(=O)COc3ccccc3)CC2)cc1. The van der Waals surface area contributed by atoms with Gasteiger partial charge in [0.25, 0.3) is 5.91 Å². The summed E-state index contributed by atoms with van der Waals surface area (Å²) in [6.45, 7) is 7.19. The summed E-state index contributed by atoms with van der Waals surface area (Å²) in [5, 5.41) is 0. The van der Waals surface area contributed by atoms with Gasteiger partial charge in [0.05, 0.1) is 6.10 Å². The van der Waals surface area contributed by atoms with E-state index in [-0.39, 0.29) is 18.6 Å². The predicted octanol–water partition coefficient (Wildman–Crippen LogP) is 3.20. The average molecular weight is 354 g/mol. The number of rotatable bonds is 6. The third-order valence-corrected chi connectivity index (χ3v) is 4.31. The molecule has 0 unspecified atom stereocenters. The Kier molecular flexibility index (Phi) is 6.00. The van der Waals surface area contributed by atoms with E-state index in [1.165, 1.54) is 0 Å². The molecule has 0 saturated carbocycles. The largest absolute Gasteiger partial charge is 0.491 e. The zero-order valence-corrected chi connectivity index (χ0v) is 15.4. The molecule has 0 bridgehead atoms. The van der Waals surface area contributed by atoms with Gasteiger partial charge in [-0.2, -0.15) is 0 Å². The lowest BCUT2D eigenvalue weighted by Crippen LogP contribution is -2.50. The minimum atomic E-state index is 0.0363. The third kappa shape index (κ3) is 4.91. The molecule has 5 heteroatoms. The van der Waals surface area contributed by atoms with Crippen molar-refractivity contribution in [3.05, 3.63) is 54.6 Å². The third-order valence-electron chi connectivity index (χ3n) is 4.31. The lowest BCUT2D eigenvalue weighted by atomic mass is 10.2. The summed E-state index contributed by atoms with van der Waals surface area (Å²) in [4.78, 5) is 16.5. The van der Waals surface area contributed by atoms with Crippen LogP contribution in [0.2, 0.25) is 0 Å². The zero-order valence-electron chi connectivity index (χ0n) is 15.4. The van der Waals surface area contributed by atoms with Crippen molar-refractivity contribution in [2.45, 2.75) is 20.0 Å². The van der Waals surface area contributed by atoms with E-state index < -0.39 is 0 Å². The van der Waals surface area contributed by atoms with Crippen LogP contribution in [0.3, 0.4) is 0 Å². The van der Waals surface area contributed by atoms with Crippen LogP contribution in [-0.2, 0) is 4.79 Å². The molecule has 1 amide bonds. The highest BCUT2D eigenvalue weighted by Gasteiger charge is 2.21. The molecule has 1 saturated heterocycles. The molecule has 26 heavy (non-hydrogen) atoms. The average Bonchev–Trinajstić information content (AvgIpc) is 2.67. The van der Waals surface area contributed by atoms with Gasteiger partial charge in [0.2, 0.25) is 0 Å². The first-order valence-electron chi connectivity index (χ1n) is 9.09. The van der Waals surface area contributed by atoms with Crippen LogP contribution in [0.1, 0.15) is 13.8 Å². The molecule has 1 aliphatic rings. The summed E-state index contributed by atoms with van der Waals surface area (Å²) in [5.74, 6) is 1.65. The van der Waals surface area contributed by atoms with Crippen molar-refractivity contribution in [3.63, 3.8) is 0 Å². The van der Waals surface area contributed by atoms with Crippen molar-refractivity contribution in [1.29, 1.82) is 0 Å². The molecule has 0 aromatic heterocycles. The maximum Gasteiger partial charge on any atom is 0.260 e. The van der Waals surface area contributed by atoms with Gasteiger partial charge >= 0.3 is 0 Å². The second kappa shape index (κ2) is 8.61. The Morgan fingerprint density at radius 1 is 0.923 bits per heavy atom. The van der Waals surface area contributed by atoms with Gasteiger partial charge < -0.3 is 19.3 Å². The number of ether oxygens (including phenoxy) is 2. The number of carbonyl (C=O) groups excluding carboxylic acids is 1. The number of benzene rings is 2. The summed E-state index contributed by atoms with van der Waals surface area (Å²) in [6, 6.07) is 17.6. The molecule has 1 aliphatic heterocycles. The molecular weight excluding hydrogens is 328 g/mol. The van der Waals surface area contributed by atoms with Gasteiger partial charge in [0.15, 0.2) is 6.61 Å². The van der Waals surface area contributed by atoms with E-state index in [0.29, 0.717) is 13.1 Å². The standard InChI is InChI=1S/C21H26N2O3/c1-17(2)26-20-10-8-18(9-11-20)22-12-14-23(15-13-22)21(24)16-25-19-6-4-3-5-7-19/h3-11,17H,12-16H2,1-2H3. The van der Waals surface area contributed by atoms with Crippen LogP contribution in [0, 0.1) is 0 Å². The van der Waals surface area contributed by atoms with Crippen molar-refractivity contribution in [3.8, 4) is 11.5 Å². The van der Waals surface area contributed by atoms with E-state index in [1.807, 2.05) is 61.2 Å². The van der Waals surface area contributed by atoms with Crippen LogP contribution < -0.4 is 14.4 Å². The van der Waals surface area contributed by atoms with Crippen molar-refractivity contribution in [2.24, 2.45) is 0 Å². The number of piperazine rings is 1. The van der Waals surface area contributed by atoms with E-state index in [2.05, 4.69) is 17.0 Å². The summed E-state index contributed by atoms with van der Waals surface area (Å²) in [7, 11) is 0. The summed E-state index contributed by atoms with van der Waals surface area (Å²) in [5.41, 5.74) is 1.16. The van der Waals surface area contributed by atoms with E-state index in [4.69, 9.17) is 9.47 Å². The van der Waals surface area contributed by atoms with Gasteiger partial charge in [-0.15, -0.1) is 0 Å². The van der Waals surface area contributed by atoms with Gasteiger partial charge in [0, 0.05) is 31.9 Å². The molecule has 0 N–H and O–H groups in total. The van der Waals surface area contributed by atoms with E-state index in [1.54, 1.807) is 0 Å². The Balaban J connectivity index is 1.47. The van der Waals surface area contributed by atoms with Gasteiger partial charge in [-0.05, 0) is 50.2 Å². The Hall–Kier alpha value is -2.69. The number of amides is 1. The number of nitrogens with zero attached hydrogens (tertiary/aromatic N) is 2. The van der Waals surface area contributed by atoms with E-state index >= 15 is 0 Å². The highest BCUT2D eigenvalue weighted by molar-refractivity contribution is 5.78. The van der Waals surface area contributed by atoms with Crippen LogP contribution >= 0.6 is 0 Å². The van der Waals surface area contributed by atoms with Gasteiger partial charge in [0.1, 0.15) is 11.5 Å². The summed E-state index contributed by atoms with van der Waals surface area (Å²) >= 11 is 0. The van der Waals surface area contributed by atoms with Crippen LogP contribution in [0.15, 0.2) is 54.6 Å². The number of anilines is 1. The molecule has 138 valence electrons. The number of carbonyl (C=O) groups is 1. The second-order valence-electron chi connectivity index (χ2n) is 6.63. The molecule has 0 radical (unpaired) electrons. The molecule has 0 spiro atoms. The minimum absolute atomic E-state index is 0.0363. The number of hydrogen-bond acceptors (Lipinski definition) is 4.